The largest absolute Gasteiger partial charge is 0.385 e. The highest BCUT2D eigenvalue weighted by Crippen LogP contribution is 2.52. The molecule has 29 heavy (non-hydrogen) atoms. The third-order valence-corrected chi connectivity index (χ3v) is 7.29. The van der Waals surface area contributed by atoms with Gasteiger partial charge in [0.1, 0.15) is 0 Å². The average Bonchev–Trinajstić information content (AvgIpc) is 3.34. The number of imide groups is 1. The summed E-state index contributed by atoms with van der Waals surface area (Å²) in [6.45, 7) is 2.58. The van der Waals surface area contributed by atoms with Gasteiger partial charge in [-0.1, -0.05) is 18.6 Å². The number of hydrogen-bond acceptors (Lipinski definition) is 4. The Morgan fingerprint density at radius 3 is 2.38 bits per heavy atom. The maximum Gasteiger partial charge on any atom is 0.233 e. The fraction of sp³-hybridized carbons (Fsp3) is 0.762. The van der Waals surface area contributed by atoms with Gasteiger partial charge in [-0.25, -0.2) is 0 Å². The van der Waals surface area contributed by atoms with Crippen LogP contribution in [0.5, 0.6) is 0 Å². The van der Waals surface area contributed by atoms with E-state index in [2.05, 4.69) is 27.8 Å². The van der Waals surface area contributed by atoms with E-state index >= 15 is 0 Å². The van der Waals surface area contributed by atoms with Crippen molar-refractivity contribution in [3.8, 4) is 0 Å². The third-order valence-electron chi connectivity index (χ3n) is 7.29. The second kappa shape index (κ2) is 9.32. The zero-order valence-electron chi connectivity index (χ0n) is 17.4. The number of methoxy groups -OCH3 is 1. The highest BCUT2D eigenvalue weighted by atomic mass is 127. The number of aliphatic imine (C=N–C) groups is 1. The number of amides is 2. The molecule has 4 atom stereocenters. The van der Waals surface area contributed by atoms with Crippen molar-refractivity contribution in [2.24, 2.45) is 34.1 Å². The summed E-state index contributed by atoms with van der Waals surface area (Å²) in [5, 5.41) is 6.68. The van der Waals surface area contributed by atoms with Gasteiger partial charge >= 0.3 is 0 Å². The topological polar surface area (TPSA) is 83.0 Å². The summed E-state index contributed by atoms with van der Waals surface area (Å²) in [4.78, 5) is 31.2. The molecule has 162 valence electrons. The Morgan fingerprint density at radius 1 is 1.21 bits per heavy atom. The van der Waals surface area contributed by atoms with Gasteiger partial charge in [0.2, 0.25) is 11.8 Å². The first kappa shape index (κ1) is 22.5. The number of carbonyl (C=O) groups is 2. The van der Waals surface area contributed by atoms with Gasteiger partial charge in [0.25, 0.3) is 0 Å². The summed E-state index contributed by atoms with van der Waals surface area (Å²) in [7, 11) is 3.49. The number of nitrogens with zero attached hydrogens (tertiary/aromatic N) is 2. The van der Waals surface area contributed by atoms with Crippen LogP contribution in [0, 0.1) is 29.1 Å². The predicted molar refractivity (Wildman–Crippen MR) is 122 cm³/mol. The van der Waals surface area contributed by atoms with E-state index in [-0.39, 0.29) is 59.5 Å². The van der Waals surface area contributed by atoms with Crippen LogP contribution in [-0.4, -0.2) is 63.1 Å². The zero-order valence-corrected chi connectivity index (χ0v) is 19.7. The van der Waals surface area contributed by atoms with E-state index in [1.54, 1.807) is 14.2 Å². The molecule has 1 aliphatic heterocycles. The molecule has 2 bridgehead atoms. The van der Waals surface area contributed by atoms with E-state index in [4.69, 9.17) is 4.74 Å². The molecule has 8 heteroatoms. The highest BCUT2D eigenvalue weighted by molar-refractivity contribution is 14.0. The molecule has 0 aromatic carbocycles. The quantitative estimate of drug-likeness (QED) is 0.169. The van der Waals surface area contributed by atoms with Crippen molar-refractivity contribution in [1.82, 2.24) is 15.5 Å². The van der Waals surface area contributed by atoms with Crippen LogP contribution in [0.25, 0.3) is 0 Å². The molecule has 0 radical (unpaired) electrons. The molecule has 2 N–H and O–H groups in total. The first-order valence-electron chi connectivity index (χ1n) is 10.6. The lowest BCUT2D eigenvalue weighted by Gasteiger charge is -2.42. The fourth-order valence-corrected chi connectivity index (χ4v) is 5.47. The van der Waals surface area contributed by atoms with Crippen molar-refractivity contribution in [2.45, 2.75) is 32.1 Å². The Hall–Kier alpha value is -1.16. The summed E-state index contributed by atoms with van der Waals surface area (Å²) in [5.41, 5.74) is 0.304. The minimum Gasteiger partial charge on any atom is -0.385 e. The summed E-state index contributed by atoms with van der Waals surface area (Å²) >= 11 is 0. The lowest BCUT2D eigenvalue weighted by atomic mass is 9.67. The number of allylic oxidation sites excluding steroid dienone is 2. The van der Waals surface area contributed by atoms with Gasteiger partial charge in [-0.3, -0.25) is 19.5 Å². The van der Waals surface area contributed by atoms with Crippen LogP contribution in [0.3, 0.4) is 0 Å². The Labute approximate surface area is 190 Å². The second-order valence-electron chi connectivity index (χ2n) is 8.78. The molecular weight excluding hydrogens is 483 g/mol. The second-order valence-corrected chi connectivity index (χ2v) is 8.78. The Balaban J connectivity index is 0.00000240. The molecule has 1 heterocycles. The molecule has 4 rings (SSSR count). The molecule has 4 aliphatic rings. The molecule has 7 nitrogen and oxygen atoms in total. The predicted octanol–water partition coefficient (Wildman–Crippen LogP) is 1.78. The number of guanidine groups is 1. The highest BCUT2D eigenvalue weighted by Gasteiger charge is 2.58. The Kier molecular flexibility index (Phi) is 7.24. The van der Waals surface area contributed by atoms with E-state index in [1.807, 2.05) is 0 Å². The van der Waals surface area contributed by atoms with Crippen LogP contribution in [-0.2, 0) is 14.3 Å². The van der Waals surface area contributed by atoms with Crippen LogP contribution < -0.4 is 10.6 Å². The smallest absolute Gasteiger partial charge is 0.233 e. The van der Waals surface area contributed by atoms with Crippen molar-refractivity contribution in [3.63, 3.8) is 0 Å². The van der Waals surface area contributed by atoms with Gasteiger partial charge in [0, 0.05) is 40.4 Å². The van der Waals surface area contributed by atoms with E-state index in [0.717, 1.165) is 32.0 Å². The number of halogens is 1. The summed E-state index contributed by atoms with van der Waals surface area (Å²) in [5.74, 6) is 1.08. The van der Waals surface area contributed by atoms with Crippen LogP contribution in [0.2, 0.25) is 0 Å². The third kappa shape index (κ3) is 4.19. The van der Waals surface area contributed by atoms with Crippen molar-refractivity contribution < 1.29 is 14.3 Å². The van der Waals surface area contributed by atoms with E-state index in [0.29, 0.717) is 18.5 Å². The number of nitrogens with one attached hydrogen (secondary N) is 2. The van der Waals surface area contributed by atoms with Crippen molar-refractivity contribution in [2.75, 3.05) is 40.4 Å². The number of rotatable bonds is 8. The van der Waals surface area contributed by atoms with Gasteiger partial charge in [0.15, 0.2) is 5.96 Å². The molecule has 1 saturated heterocycles. The standard InChI is InChI=1S/C21H32N4O3.HI/c1-22-20(24-13-21(6-3-7-21)8-11-28-2)23-9-10-25-18(26)16-14-4-5-15(12-14)17(16)19(25)27;/h4-5,14-17H,3,6-13H2,1-2H3,(H2,22,23,24);1H. The number of fused-ring (bicyclic) bond motifs is 5. The maximum absolute atomic E-state index is 12.7. The monoisotopic (exact) mass is 516 g/mol. The van der Waals surface area contributed by atoms with Gasteiger partial charge in [-0.2, -0.15) is 0 Å². The first-order valence-corrected chi connectivity index (χ1v) is 10.6. The molecule has 2 amide bonds. The number of hydrogen-bond donors (Lipinski definition) is 2. The van der Waals surface area contributed by atoms with Crippen LogP contribution >= 0.6 is 24.0 Å². The van der Waals surface area contributed by atoms with Crippen molar-refractivity contribution in [1.29, 1.82) is 0 Å². The summed E-state index contributed by atoms with van der Waals surface area (Å²) in [6, 6.07) is 0. The van der Waals surface area contributed by atoms with Crippen LogP contribution in [0.15, 0.2) is 17.1 Å². The van der Waals surface area contributed by atoms with Crippen LogP contribution in [0.1, 0.15) is 32.1 Å². The molecule has 4 unspecified atom stereocenters. The van der Waals surface area contributed by atoms with Gasteiger partial charge < -0.3 is 15.4 Å². The molecule has 0 aromatic heterocycles. The molecule has 3 fully saturated rings. The normalized spacial score (nSPS) is 31.5. The van der Waals surface area contributed by atoms with Crippen LogP contribution in [0.4, 0.5) is 0 Å². The SMILES string of the molecule is CN=C(NCCN1C(=O)C2C3C=CC(C3)C2C1=O)NCC1(CCOC)CCC1.I. The van der Waals surface area contributed by atoms with E-state index < -0.39 is 0 Å². The van der Waals surface area contributed by atoms with E-state index in [9.17, 15) is 9.59 Å². The van der Waals surface area contributed by atoms with Gasteiger partial charge in [-0.15, -0.1) is 24.0 Å². The number of likely N-dealkylation sites (tertiary alicyclic amines) is 1. The lowest BCUT2D eigenvalue weighted by Crippen LogP contribution is -2.48. The number of carbonyl (C=O) groups excluding carboxylic acids is 2. The van der Waals surface area contributed by atoms with Crippen molar-refractivity contribution in [3.05, 3.63) is 12.2 Å². The molecular formula is C21H33IN4O3. The lowest BCUT2D eigenvalue weighted by molar-refractivity contribution is -0.140. The Morgan fingerprint density at radius 2 is 1.86 bits per heavy atom. The van der Waals surface area contributed by atoms with Gasteiger partial charge in [0.05, 0.1) is 11.8 Å². The molecule has 2 saturated carbocycles. The van der Waals surface area contributed by atoms with Gasteiger partial charge in [-0.05, 0) is 42.9 Å². The Bertz CT molecular complexity index is 661. The summed E-state index contributed by atoms with van der Waals surface area (Å²) in [6.07, 6.45) is 10.0. The average molecular weight is 516 g/mol. The van der Waals surface area contributed by atoms with Crippen molar-refractivity contribution >= 4 is 41.8 Å². The minimum absolute atomic E-state index is 0. The molecule has 0 spiro atoms. The maximum atomic E-state index is 12.7. The molecule has 3 aliphatic carbocycles. The number of ether oxygens (including phenoxy) is 1. The first-order chi connectivity index (χ1) is 13.6. The fourth-order valence-electron chi connectivity index (χ4n) is 5.47. The molecule has 0 aromatic rings. The summed E-state index contributed by atoms with van der Waals surface area (Å²) < 4.78 is 5.25. The van der Waals surface area contributed by atoms with E-state index in [1.165, 1.54) is 24.2 Å². The zero-order chi connectivity index (χ0) is 19.7. The minimum atomic E-state index is -0.112.